The molecule has 7 nitrogen and oxygen atoms in total. The Morgan fingerprint density at radius 3 is 2.69 bits per heavy atom. The second-order valence-electron chi connectivity index (χ2n) is 6.35. The lowest BCUT2D eigenvalue weighted by atomic mass is 10.0. The average Bonchev–Trinajstić information content (AvgIpc) is 3.16. The maximum absolute atomic E-state index is 10.8. The number of fused-ring (bicyclic) bond motifs is 1. The van der Waals surface area contributed by atoms with E-state index in [9.17, 15) is 5.11 Å². The lowest BCUT2D eigenvalue weighted by molar-refractivity contribution is -0.932. The number of ether oxygens (including phenoxy) is 2. The number of hydrogen-bond donors (Lipinski definition) is 2. The molecule has 1 aliphatic rings. The molecule has 4 rings (SSSR count). The molecule has 0 bridgehead atoms. The van der Waals surface area contributed by atoms with Gasteiger partial charge < -0.3 is 19.5 Å². The zero-order valence-corrected chi connectivity index (χ0v) is 15.8. The molecule has 3 heterocycles. The van der Waals surface area contributed by atoms with Crippen molar-refractivity contribution >= 4 is 16.3 Å². The number of aryl methyl sites for hydroxylation is 1. The topological polar surface area (TPSA) is 73.3 Å². The summed E-state index contributed by atoms with van der Waals surface area (Å²) in [6.07, 6.45) is 0. The van der Waals surface area contributed by atoms with Crippen molar-refractivity contribution in [1.29, 1.82) is 0 Å². The normalized spacial score (nSPS) is 16.8. The second kappa shape index (κ2) is 7.22. The van der Waals surface area contributed by atoms with Crippen LogP contribution in [0.5, 0.6) is 11.6 Å². The molecular weight excluding hydrogens is 352 g/mol. The van der Waals surface area contributed by atoms with Crippen LogP contribution in [-0.2, 0) is 4.74 Å². The van der Waals surface area contributed by atoms with E-state index in [1.807, 2.05) is 26.0 Å². The van der Waals surface area contributed by atoms with Crippen LogP contribution < -0.4 is 9.64 Å². The van der Waals surface area contributed by atoms with Crippen molar-refractivity contribution in [3.8, 4) is 11.6 Å². The number of thiazole rings is 1. The van der Waals surface area contributed by atoms with E-state index < -0.39 is 0 Å². The van der Waals surface area contributed by atoms with E-state index in [1.54, 1.807) is 0 Å². The predicted octanol–water partition coefficient (Wildman–Crippen LogP) is 1.21. The van der Waals surface area contributed by atoms with Gasteiger partial charge in [-0.15, -0.1) is 5.10 Å². The molecule has 0 unspecified atom stereocenters. The minimum absolute atomic E-state index is 0.0170. The zero-order valence-electron chi connectivity index (χ0n) is 14.9. The van der Waals surface area contributed by atoms with Crippen LogP contribution in [0.2, 0.25) is 0 Å². The van der Waals surface area contributed by atoms with Crippen LogP contribution >= 0.6 is 11.3 Å². The molecule has 2 N–H and O–H groups in total. The van der Waals surface area contributed by atoms with Gasteiger partial charge in [-0.05, 0) is 38.1 Å². The summed E-state index contributed by atoms with van der Waals surface area (Å²) in [6.45, 7) is 7.69. The Hall–Kier alpha value is -2.16. The minimum Gasteiger partial charge on any atom is -0.494 e. The van der Waals surface area contributed by atoms with Gasteiger partial charge in [0, 0.05) is 5.56 Å². The van der Waals surface area contributed by atoms with Gasteiger partial charge in [0.25, 0.3) is 0 Å². The monoisotopic (exact) mass is 375 g/mol. The van der Waals surface area contributed by atoms with Gasteiger partial charge in [-0.2, -0.15) is 4.52 Å². The molecule has 0 radical (unpaired) electrons. The average molecular weight is 375 g/mol. The van der Waals surface area contributed by atoms with Gasteiger partial charge in [-0.25, -0.2) is 4.98 Å². The molecule has 3 aromatic rings. The highest BCUT2D eigenvalue weighted by Gasteiger charge is 2.33. The number of nitrogens with zero attached hydrogens (tertiary/aromatic N) is 3. The van der Waals surface area contributed by atoms with Crippen molar-refractivity contribution in [2.24, 2.45) is 0 Å². The van der Waals surface area contributed by atoms with Crippen LogP contribution in [0.1, 0.15) is 29.2 Å². The van der Waals surface area contributed by atoms with Gasteiger partial charge in [-0.1, -0.05) is 11.3 Å². The molecule has 0 aliphatic carbocycles. The number of benzene rings is 1. The van der Waals surface area contributed by atoms with Crippen LogP contribution in [0.25, 0.3) is 4.96 Å². The van der Waals surface area contributed by atoms with Gasteiger partial charge in [0.05, 0.1) is 19.8 Å². The number of hydrogen-bond acceptors (Lipinski definition) is 6. The Balaban J connectivity index is 1.76. The first-order chi connectivity index (χ1) is 12.7. The molecule has 138 valence electrons. The molecule has 0 saturated carbocycles. The molecule has 8 heteroatoms. The molecule has 1 fully saturated rings. The lowest BCUT2D eigenvalue weighted by Gasteiger charge is -2.31. The van der Waals surface area contributed by atoms with Gasteiger partial charge in [0.1, 0.15) is 29.5 Å². The van der Waals surface area contributed by atoms with Crippen LogP contribution in [0, 0.1) is 6.92 Å². The Kier molecular flexibility index (Phi) is 4.80. The Bertz CT molecular complexity index is 884. The molecule has 1 aliphatic heterocycles. The third kappa shape index (κ3) is 3.15. The first-order valence-electron chi connectivity index (χ1n) is 8.87. The summed E-state index contributed by atoms with van der Waals surface area (Å²) in [4.78, 5) is 7.39. The second-order valence-corrected chi connectivity index (χ2v) is 7.36. The highest BCUT2D eigenvalue weighted by atomic mass is 32.1. The molecule has 1 atom stereocenters. The highest BCUT2D eigenvalue weighted by molar-refractivity contribution is 7.17. The number of morpholine rings is 1. The SMILES string of the molecule is CCOc1ccc([C@@H](c2sc3nc(C)nn3c2O)[NH+]2CCOCC2)cc1. The molecule has 1 aromatic carbocycles. The summed E-state index contributed by atoms with van der Waals surface area (Å²) >= 11 is 1.50. The van der Waals surface area contributed by atoms with E-state index in [0.717, 1.165) is 47.5 Å². The summed E-state index contributed by atoms with van der Waals surface area (Å²) in [5.41, 5.74) is 1.14. The van der Waals surface area contributed by atoms with E-state index in [2.05, 4.69) is 22.2 Å². The fourth-order valence-corrected chi connectivity index (χ4v) is 4.64. The first kappa shape index (κ1) is 17.3. The van der Waals surface area contributed by atoms with Crippen molar-refractivity contribution in [1.82, 2.24) is 14.6 Å². The van der Waals surface area contributed by atoms with Crippen LogP contribution in [0.4, 0.5) is 0 Å². The minimum atomic E-state index is 0.0170. The lowest BCUT2D eigenvalue weighted by Crippen LogP contribution is -3.14. The van der Waals surface area contributed by atoms with Gasteiger partial charge in [0.15, 0.2) is 6.04 Å². The molecular formula is C18H23N4O3S+. The summed E-state index contributed by atoms with van der Waals surface area (Å²) < 4.78 is 12.6. The number of quaternary nitrogens is 1. The fourth-order valence-electron chi connectivity index (χ4n) is 3.45. The van der Waals surface area contributed by atoms with E-state index >= 15 is 0 Å². The number of rotatable bonds is 5. The highest BCUT2D eigenvalue weighted by Crippen LogP contribution is 2.35. The third-order valence-corrected chi connectivity index (χ3v) is 5.72. The van der Waals surface area contributed by atoms with Crippen LogP contribution in [0.15, 0.2) is 24.3 Å². The molecule has 26 heavy (non-hydrogen) atoms. The van der Waals surface area contributed by atoms with E-state index in [-0.39, 0.29) is 11.9 Å². The zero-order chi connectivity index (χ0) is 18.1. The molecule has 0 amide bonds. The van der Waals surface area contributed by atoms with Crippen molar-refractivity contribution in [2.45, 2.75) is 19.9 Å². The van der Waals surface area contributed by atoms with Crippen molar-refractivity contribution in [2.75, 3.05) is 32.9 Å². The van der Waals surface area contributed by atoms with Crippen molar-refractivity contribution in [3.05, 3.63) is 40.5 Å². The maximum Gasteiger partial charge on any atom is 0.235 e. The molecule has 2 aromatic heterocycles. The summed E-state index contributed by atoms with van der Waals surface area (Å²) in [7, 11) is 0. The predicted molar refractivity (Wildman–Crippen MR) is 98.2 cm³/mol. The first-order valence-corrected chi connectivity index (χ1v) is 9.69. The van der Waals surface area contributed by atoms with E-state index in [1.165, 1.54) is 20.8 Å². The Morgan fingerprint density at radius 2 is 2.04 bits per heavy atom. The number of aromatic nitrogens is 3. The summed E-state index contributed by atoms with van der Waals surface area (Å²) in [5, 5.41) is 15.1. The van der Waals surface area contributed by atoms with Crippen molar-refractivity contribution in [3.63, 3.8) is 0 Å². The molecule has 1 saturated heterocycles. The van der Waals surface area contributed by atoms with Crippen LogP contribution in [0.3, 0.4) is 0 Å². The largest absolute Gasteiger partial charge is 0.494 e. The number of nitrogens with one attached hydrogen (secondary N) is 1. The quantitative estimate of drug-likeness (QED) is 0.701. The van der Waals surface area contributed by atoms with E-state index in [0.29, 0.717) is 12.4 Å². The van der Waals surface area contributed by atoms with E-state index in [4.69, 9.17) is 9.47 Å². The standard InChI is InChI=1S/C18H22N4O3S/c1-3-25-14-6-4-13(5-7-14)15(21-8-10-24-11-9-21)16-17(23)22-18(26-16)19-12(2)20-22/h4-7,15,23H,3,8-11H2,1-2H3/p+1/t15-/m0/s1. The Labute approximate surface area is 155 Å². The fraction of sp³-hybridized carbons (Fsp3) is 0.444. The molecule has 0 spiro atoms. The smallest absolute Gasteiger partial charge is 0.235 e. The van der Waals surface area contributed by atoms with Gasteiger partial charge >= 0.3 is 0 Å². The van der Waals surface area contributed by atoms with Crippen molar-refractivity contribution < 1.29 is 19.5 Å². The van der Waals surface area contributed by atoms with Crippen LogP contribution in [-0.4, -0.2) is 52.6 Å². The Morgan fingerprint density at radius 1 is 1.31 bits per heavy atom. The maximum atomic E-state index is 10.8. The third-order valence-electron chi connectivity index (χ3n) is 4.64. The summed E-state index contributed by atoms with van der Waals surface area (Å²) in [6, 6.07) is 8.16. The summed E-state index contributed by atoms with van der Waals surface area (Å²) in [5.74, 6) is 1.70. The van der Waals surface area contributed by atoms with Gasteiger partial charge in [-0.3, -0.25) is 0 Å². The number of aromatic hydroxyl groups is 1. The van der Waals surface area contributed by atoms with Gasteiger partial charge in [0.2, 0.25) is 10.8 Å².